The monoisotopic (exact) mass is 345 g/mol. The summed E-state index contributed by atoms with van der Waals surface area (Å²) in [6.07, 6.45) is 1.50. The van der Waals surface area contributed by atoms with E-state index in [2.05, 4.69) is 51.5 Å². The summed E-state index contributed by atoms with van der Waals surface area (Å²) in [6, 6.07) is 8.17. The zero-order valence-electron chi connectivity index (χ0n) is 16.2. The predicted molar refractivity (Wildman–Crippen MR) is 104 cm³/mol. The molecule has 0 saturated heterocycles. The van der Waals surface area contributed by atoms with Crippen molar-refractivity contribution in [2.24, 2.45) is 7.05 Å². The third-order valence-electron chi connectivity index (χ3n) is 5.33. The Morgan fingerprint density at radius 2 is 1.88 bits per heavy atom. The highest BCUT2D eigenvalue weighted by Crippen LogP contribution is 2.37. The molecule has 3 nitrogen and oxygen atoms in total. The fourth-order valence-corrected chi connectivity index (χ4v) is 3.50. The maximum Gasteiger partial charge on any atom is 0.192 e. The number of hydrogen-bond acceptors (Lipinski definition) is 2. The minimum Gasteiger partial charge on any atom is -0.411 e. The molecule has 0 atom stereocenters. The van der Waals surface area contributed by atoms with Crippen LogP contribution in [0, 0.1) is 0 Å². The van der Waals surface area contributed by atoms with Crippen molar-refractivity contribution in [2.75, 3.05) is 0 Å². The molecule has 2 aromatic rings. The topological polar surface area (TPSA) is 31.2 Å². The van der Waals surface area contributed by atoms with E-state index in [1.54, 1.807) is 0 Å². The van der Waals surface area contributed by atoms with Gasteiger partial charge in [-0.15, -0.1) is 0 Å². The van der Waals surface area contributed by atoms with Crippen molar-refractivity contribution in [3.05, 3.63) is 35.5 Å². The molecule has 132 valence electrons. The van der Waals surface area contributed by atoms with Gasteiger partial charge in [-0.25, -0.2) is 0 Å². The lowest BCUT2D eigenvalue weighted by Gasteiger charge is -2.36. The van der Waals surface area contributed by atoms with Crippen LogP contribution in [-0.4, -0.2) is 18.7 Å². The normalized spacial score (nSPS) is 12.8. The first-order valence-corrected chi connectivity index (χ1v) is 11.7. The van der Waals surface area contributed by atoms with Gasteiger partial charge in [0, 0.05) is 35.6 Å². The summed E-state index contributed by atoms with van der Waals surface area (Å²) in [7, 11) is 0.303. The van der Waals surface area contributed by atoms with E-state index in [0.29, 0.717) is 13.0 Å². The van der Waals surface area contributed by atoms with Crippen LogP contribution in [0.15, 0.2) is 24.3 Å². The highest BCUT2D eigenvalue weighted by atomic mass is 28.4. The Morgan fingerprint density at radius 1 is 1.21 bits per heavy atom. The fourth-order valence-electron chi connectivity index (χ4n) is 2.56. The van der Waals surface area contributed by atoms with Gasteiger partial charge in [0.2, 0.25) is 0 Å². The van der Waals surface area contributed by atoms with Gasteiger partial charge < -0.3 is 8.99 Å². The summed E-state index contributed by atoms with van der Waals surface area (Å²) >= 11 is 0. The first kappa shape index (κ1) is 18.9. The van der Waals surface area contributed by atoms with Gasteiger partial charge in [-0.3, -0.25) is 4.79 Å². The average molecular weight is 346 g/mol. The predicted octanol–water partition coefficient (Wildman–Crippen LogP) is 5.68. The first-order chi connectivity index (χ1) is 11.1. The molecule has 0 spiro atoms. The van der Waals surface area contributed by atoms with Crippen molar-refractivity contribution in [1.29, 1.82) is 0 Å². The molecule has 0 bridgehead atoms. The van der Waals surface area contributed by atoms with E-state index in [1.807, 2.05) is 25.1 Å². The van der Waals surface area contributed by atoms with E-state index < -0.39 is 8.32 Å². The van der Waals surface area contributed by atoms with Crippen LogP contribution in [0.2, 0.25) is 18.1 Å². The summed E-state index contributed by atoms with van der Waals surface area (Å²) in [5.41, 5.74) is 3.12. The molecule has 0 N–H and O–H groups in total. The Labute approximate surface area is 147 Å². The van der Waals surface area contributed by atoms with E-state index in [9.17, 15) is 4.79 Å². The van der Waals surface area contributed by atoms with E-state index in [-0.39, 0.29) is 10.8 Å². The maximum atomic E-state index is 12.1. The second kappa shape index (κ2) is 6.85. The molecule has 0 amide bonds. The van der Waals surface area contributed by atoms with Crippen LogP contribution < -0.4 is 0 Å². The van der Waals surface area contributed by atoms with E-state index in [1.165, 1.54) is 0 Å². The van der Waals surface area contributed by atoms with Crippen LogP contribution in [0.3, 0.4) is 0 Å². The van der Waals surface area contributed by atoms with Gasteiger partial charge in [-0.1, -0.05) is 27.7 Å². The number of Topliss-reactive ketones (excluding diaryl/α,β-unsaturated/α-hetero) is 1. The number of fused-ring (bicyclic) bond motifs is 1. The van der Waals surface area contributed by atoms with Gasteiger partial charge >= 0.3 is 0 Å². The van der Waals surface area contributed by atoms with Crippen molar-refractivity contribution >= 4 is 25.0 Å². The van der Waals surface area contributed by atoms with Gasteiger partial charge in [0.15, 0.2) is 14.1 Å². The molecule has 0 aliphatic rings. The van der Waals surface area contributed by atoms with Crippen LogP contribution in [-0.2, 0) is 18.1 Å². The molecule has 0 radical (unpaired) electrons. The lowest BCUT2D eigenvalue weighted by atomic mass is 10.1. The molecule has 1 heterocycles. The number of nitrogens with zero attached hydrogens (tertiary/aromatic N) is 1. The molecule has 1 aromatic carbocycles. The molecule has 0 unspecified atom stereocenters. The van der Waals surface area contributed by atoms with Crippen LogP contribution in [0.4, 0.5) is 0 Å². The highest BCUT2D eigenvalue weighted by molar-refractivity contribution is 6.74. The lowest BCUT2D eigenvalue weighted by molar-refractivity contribution is 0.0982. The van der Waals surface area contributed by atoms with Crippen molar-refractivity contribution in [3.63, 3.8) is 0 Å². The number of rotatable bonds is 6. The Kier molecular flexibility index (Phi) is 5.40. The van der Waals surface area contributed by atoms with Crippen molar-refractivity contribution in [3.8, 4) is 0 Å². The number of ketones is 1. The third kappa shape index (κ3) is 3.81. The average Bonchev–Trinajstić information content (AvgIpc) is 2.80. The molecule has 1 aromatic heterocycles. The van der Waals surface area contributed by atoms with Crippen LogP contribution in [0.5, 0.6) is 0 Å². The van der Waals surface area contributed by atoms with Gasteiger partial charge in [-0.2, -0.15) is 0 Å². The summed E-state index contributed by atoms with van der Waals surface area (Å²) < 4.78 is 8.53. The summed E-state index contributed by atoms with van der Waals surface area (Å²) in [5, 5.41) is 1.32. The number of hydrogen-bond donors (Lipinski definition) is 0. The van der Waals surface area contributed by atoms with Crippen LogP contribution in [0.1, 0.15) is 56.6 Å². The number of carbonyl (C=O) groups excluding carboxylic acids is 1. The van der Waals surface area contributed by atoms with E-state index in [4.69, 9.17) is 4.43 Å². The number of benzene rings is 1. The molecular weight excluding hydrogens is 314 g/mol. The van der Waals surface area contributed by atoms with Gasteiger partial charge in [0.25, 0.3) is 0 Å². The van der Waals surface area contributed by atoms with Crippen molar-refractivity contribution in [1.82, 2.24) is 4.57 Å². The molecule has 0 fully saturated rings. The first-order valence-electron chi connectivity index (χ1n) is 8.82. The Bertz CT molecular complexity index is 738. The molecule has 4 heteroatoms. The minimum absolute atomic E-state index is 0.206. The van der Waals surface area contributed by atoms with Gasteiger partial charge in [0.1, 0.15) is 0 Å². The largest absolute Gasteiger partial charge is 0.411 e. The molecule has 0 saturated carbocycles. The van der Waals surface area contributed by atoms with Crippen LogP contribution in [0.25, 0.3) is 10.9 Å². The Morgan fingerprint density at radius 3 is 2.46 bits per heavy atom. The second-order valence-corrected chi connectivity index (χ2v) is 13.0. The second-order valence-electron chi connectivity index (χ2n) is 8.19. The molecule has 0 aliphatic carbocycles. The molecular formula is C20H31NO2Si. The summed E-state index contributed by atoms with van der Waals surface area (Å²) in [6.45, 7) is 14.0. The zero-order chi connectivity index (χ0) is 18.1. The maximum absolute atomic E-state index is 12.1. The smallest absolute Gasteiger partial charge is 0.192 e. The van der Waals surface area contributed by atoms with E-state index >= 15 is 0 Å². The standard InChI is InChI=1S/C20H31NO2Si/c1-8-9-19(22)15-10-11-18-16(12-15)13-17(21(18)5)14-23-24(6,7)20(2,3)4/h10-13H,8-9,14H2,1-7H3. The highest BCUT2D eigenvalue weighted by Gasteiger charge is 2.37. The Balaban J connectivity index is 2.26. The molecule has 24 heavy (non-hydrogen) atoms. The fraction of sp³-hybridized carbons (Fsp3) is 0.550. The minimum atomic E-state index is -1.77. The summed E-state index contributed by atoms with van der Waals surface area (Å²) in [4.78, 5) is 12.1. The zero-order valence-corrected chi connectivity index (χ0v) is 17.2. The molecule has 2 rings (SSSR count). The van der Waals surface area contributed by atoms with Gasteiger partial charge in [0.05, 0.1) is 6.61 Å². The lowest BCUT2D eigenvalue weighted by Crippen LogP contribution is -2.40. The third-order valence-corrected chi connectivity index (χ3v) is 9.81. The Hall–Kier alpha value is -1.39. The number of aromatic nitrogens is 1. The molecule has 0 aliphatic heterocycles. The van der Waals surface area contributed by atoms with Crippen LogP contribution >= 0.6 is 0 Å². The van der Waals surface area contributed by atoms with E-state index in [0.717, 1.165) is 28.6 Å². The SMILES string of the molecule is CCCC(=O)c1ccc2c(c1)cc(CO[Si](C)(C)C(C)(C)C)n2C. The van der Waals surface area contributed by atoms with Crippen molar-refractivity contribution < 1.29 is 9.22 Å². The number of carbonyl (C=O) groups is 1. The van der Waals surface area contributed by atoms with Gasteiger partial charge in [-0.05, 0) is 48.8 Å². The van der Waals surface area contributed by atoms with Crippen molar-refractivity contribution in [2.45, 2.75) is 65.3 Å². The number of aryl methyl sites for hydroxylation is 1. The quantitative estimate of drug-likeness (QED) is 0.498. The summed E-state index contributed by atoms with van der Waals surface area (Å²) in [5.74, 6) is 0.224.